The summed E-state index contributed by atoms with van der Waals surface area (Å²) in [5, 5.41) is 10.5. The number of hydrogen-bond donors (Lipinski definition) is 1. The molecule has 1 N–H and O–H groups in total. The van der Waals surface area contributed by atoms with Gasteiger partial charge >= 0.3 is 0 Å². The predicted molar refractivity (Wildman–Crippen MR) is 121 cm³/mol. The number of aromatic hydroxyl groups is 1. The second-order valence-corrected chi connectivity index (χ2v) is 7.57. The van der Waals surface area contributed by atoms with Crippen LogP contribution in [0.2, 0.25) is 0 Å². The van der Waals surface area contributed by atoms with Gasteiger partial charge in [0.1, 0.15) is 11.6 Å². The number of nitrogens with zero attached hydrogens (tertiary/aromatic N) is 4. The number of rotatable bonds is 7. The molecule has 152 valence electrons. The SMILES string of the molecule is CN(C)CCCn1c(-c2cnccc2O)nc(-c2ccccc2)c1-c1ccccc1. The zero-order valence-electron chi connectivity index (χ0n) is 17.4. The van der Waals surface area contributed by atoms with Gasteiger partial charge in [-0.1, -0.05) is 60.7 Å². The van der Waals surface area contributed by atoms with Gasteiger partial charge in [0.05, 0.1) is 17.0 Å². The highest BCUT2D eigenvalue weighted by Crippen LogP contribution is 2.38. The monoisotopic (exact) mass is 398 g/mol. The maximum absolute atomic E-state index is 10.5. The fourth-order valence-electron chi connectivity index (χ4n) is 3.67. The van der Waals surface area contributed by atoms with E-state index in [-0.39, 0.29) is 5.75 Å². The van der Waals surface area contributed by atoms with Crippen molar-refractivity contribution in [3.63, 3.8) is 0 Å². The van der Waals surface area contributed by atoms with Gasteiger partial charge in [0.2, 0.25) is 0 Å². The molecule has 0 radical (unpaired) electrons. The van der Waals surface area contributed by atoms with Crippen molar-refractivity contribution < 1.29 is 5.11 Å². The Balaban J connectivity index is 1.95. The van der Waals surface area contributed by atoms with Crippen molar-refractivity contribution in [3.05, 3.63) is 79.1 Å². The zero-order chi connectivity index (χ0) is 20.9. The van der Waals surface area contributed by atoms with E-state index in [0.29, 0.717) is 5.56 Å². The molecule has 0 aliphatic rings. The van der Waals surface area contributed by atoms with Crippen molar-refractivity contribution >= 4 is 0 Å². The lowest BCUT2D eigenvalue weighted by Crippen LogP contribution is -2.15. The molecule has 2 heterocycles. The molecule has 5 nitrogen and oxygen atoms in total. The van der Waals surface area contributed by atoms with Gasteiger partial charge in [-0.25, -0.2) is 4.98 Å². The first-order valence-electron chi connectivity index (χ1n) is 10.1. The van der Waals surface area contributed by atoms with Crippen LogP contribution >= 0.6 is 0 Å². The highest BCUT2D eigenvalue weighted by Gasteiger charge is 2.22. The van der Waals surface area contributed by atoms with Crippen LogP contribution in [-0.4, -0.2) is 45.2 Å². The van der Waals surface area contributed by atoms with Gasteiger partial charge in [0, 0.05) is 30.1 Å². The fraction of sp³-hybridized carbons (Fsp3) is 0.200. The Morgan fingerprint density at radius 2 is 1.57 bits per heavy atom. The van der Waals surface area contributed by atoms with E-state index in [9.17, 15) is 5.11 Å². The molecule has 0 unspecified atom stereocenters. The average molecular weight is 399 g/mol. The molecule has 0 saturated carbocycles. The minimum atomic E-state index is 0.183. The number of pyridine rings is 1. The third-order valence-electron chi connectivity index (χ3n) is 5.09. The van der Waals surface area contributed by atoms with Crippen molar-refractivity contribution in [2.24, 2.45) is 0 Å². The van der Waals surface area contributed by atoms with Crippen molar-refractivity contribution in [2.45, 2.75) is 13.0 Å². The molecule has 0 aliphatic heterocycles. The second-order valence-electron chi connectivity index (χ2n) is 7.57. The molecule has 0 aliphatic carbocycles. The molecule has 0 bridgehead atoms. The van der Waals surface area contributed by atoms with E-state index in [1.165, 1.54) is 0 Å². The predicted octanol–water partition coefficient (Wildman–Crippen LogP) is 4.94. The Labute approximate surface area is 177 Å². The normalized spacial score (nSPS) is 11.2. The number of hydrogen-bond acceptors (Lipinski definition) is 4. The summed E-state index contributed by atoms with van der Waals surface area (Å²) in [6, 6.07) is 22.1. The van der Waals surface area contributed by atoms with Crippen LogP contribution in [0.1, 0.15) is 6.42 Å². The summed E-state index contributed by atoms with van der Waals surface area (Å²) in [4.78, 5) is 11.4. The van der Waals surface area contributed by atoms with E-state index in [2.05, 4.69) is 52.8 Å². The van der Waals surface area contributed by atoms with E-state index < -0.39 is 0 Å². The first-order valence-corrected chi connectivity index (χ1v) is 10.1. The molecular formula is C25H26N4O. The zero-order valence-corrected chi connectivity index (χ0v) is 17.4. The van der Waals surface area contributed by atoms with Crippen LogP contribution in [0.4, 0.5) is 0 Å². The smallest absolute Gasteiger partial charge is 0.146 e. The molecule has 2 aromatic carbocycles. The lowest BCUT2D eigenvalue weighted by Gasteiger charge is -2.15. The number of imidazole rings is 1. The first kappa shape index (κ1) is 19.9. The summed E-state index contributed by atoms with van der Waals surface area (Å²) in [6.07, 6.45) is 4.24. The fourth-order valence-corrected chi connectivity index (χ4v) is 3.67. The second kappa shape index (κ2) is 8.93. The van der Waals surface area contributed by atoms with Crippen LogP contribution in [0.5, 0.6) is 5.75 Å². The summed E-state index contributed by atoms with van der Waals surface area (Å²) < 4.78 is 2.22. The molecule has 4 aromatic rings. The molecule has 0 amide bonds. The summed E-state index contributed by atoms with van der Waals surface area (Å²) in [5.74, 6) is 0.917. The Hall–Kier alpha value is -3.44. The van der Waals surface area contributed by atoms with Gasteiger partial charge in [-0.3, -0.25) is 4.98 Å². The molecule has 30 heavy (non-hydrogen) atoms. The standard InChI is InChI=1S/C25H26N4O/c1-28(2)16-9-17-29-24(20-12-7-4-8-13-20)23(19-10-5-3-6-11-19)27-25(29)21-18-26-15-14-22(21)30/h3-8,10-15,18H,9,16-17H2,1-2H3,(H,26,30). The Bertz CT molecular complexity index is 1100. The average Bonchev–Trinajstić information content (AvgIpc) is 3.14. The molecule has 0 atom stereocenters. The summed E-state index contributed by atoms with van der Waals surface area (Å²) in [6.45, 7) is 1.75. The summed E-state index contributed by atoms with van der Waals surface area (Å²) in [7, 11) is 4.16. The molecule has 4 rings (SSSR count). The van der Waals surface area contributed by atoms with Gasteiger partial charge < -0.3 is 14.6 Å². The molecule has 0 fully saturated rings. The van der Waals surface area contributed by atoms with Crippen LogP contribution in [0.25, 0.3) is 33.9 Å². The van der Waals surface area contributed by atoms with Crippen molar-refractivity contribution in [1.82, 2.24) is 19.4 Å². The van der Waals surface area contributed by atoms with Gasteiger partial charge in [0.25, 0.3) is 0 Å². The minimum absolute atomic E-state index is 0.183. The molecule has 5 heteroatoms. The lowest BCUT2D eigenvalue weighted by molar-refractivity contribution is 0.387. The number of aromatic nitrogens is 3. The third kappa shape index (κ3) is 4.11. The van der Waals surface area contributed by atoms with Crippen LogP contribution in [0, 0.1) is 0 Å². The van der Waals surface area contributed by atoms with Crippen molar-refractivity contribution in [1.29, 1.82) is 0 Å². The quantitative estimate of drug-likeness (QED) is 0.479. The van der Waals surface area contributed by atoms with E-state index in [0.717, 1.165) is 47.8 Å². The van der Waals surface area contributed by atoms with Gasteiger partial charge in [-0.05, 0) is 33.1 Å². The van der Waals surface area contributed by atoms with Gasteiger partial charge in [-0.15, -0.1) is 0 Å². The van der Waals surface area contributed by atoms with Crippen LogP contribution in [0.15, 0.2) is 79.1 Å². The van der Waals surface area contributed by atoms with Gasteiger partial charge in [0.15, 0.2) is 0 Å². The minimum Gasteiger partial charge on any atom is -0.507 e. The van der Waals surface area contributed by atoms with E-state index in [1.807, 2.05) is 36.4 Å². The first-order chi connectivity index (χ1) is 14.6. The molecule has 0 saturated heterocycles. The highest BCUT2D eigenvalue weighted by atomic mass is 16.3. The molecule has 0 spiro atoms. The Morgan fingerprint density at radius 1 is 0.900 bits per heavy atom. The Kier molecular flexibility index (Phi) is 5.91. The van der Waals surface area contributed by atoms with E-state index in [4.69, 9.17) is 4.98 Å². The maximum Gasteiger partial charge on any atom is 0.146 e. The topological polar surface area (TPSA) is 54.2 Å². The van der Waals surface area contributed by atoms with Gasteiger partial charge in [-0.2, -0.15) is 0 Å². The van der Waals surface area contributed by atoms with Crippen molar-refractivity contribution in [3.8, 4) is 39.7 Å². The largest absolute Gasteiger partial charge is 0.507 e. The molecule has 2 aromatic heterocycles. The van der Waals surface area contributed by atoms with E-state index >= 15 is 0 Å². The maximum atomic E-state index is 10.5. The summed E-state index contributed by atoms with van der Waals surface area (Å²) >= 11 is 0. The number of benzene rings is 2. The van der Waals surface area contributed by atoms with Crippen LogP contribution < -0.4 is 0 Å². The summed E-state index contributed by atoms with van der Waals surface area (Å²) in [5.41, 5.74) is 4.75. The van der Waals surface area contributed by atoms with E-state index in [1.54, 1.807) is 18.5 Å². The highest BCUT2D eigenvalue weighted by molar-refractivity contribution is 5.82. The molecular weight excluding hydrogens is 372 g/mol. The third-order valence-corrected chi connectivity index (χ3v) is 5.09. The van der Waals surface area contributed by atoms with Crippen LogP contribution in [-0.2, 0) is 6.54 Å². The lowest BCUT2D eigenvalue weighted by atomic mass is 10.0. The van der Waals surface area contributed by atoms with Crippen LogP contribution in [0.3, 0.4) is 0 Å². The van der Waals surface area contributed by atoms with Crippen molar-refractivity contribution in [2.75, 3.05) is 20.6 Å². The Morgan fingerprint density at radius 3 is 2.20 bits per heavy atom.